The molecule has 0 N–H and O–H groups in total. The first-order chi connectivity index (χ1) is 9.61. The summed E-state index contributed by atoms with van der Waals surface area (Å²) >= 11 is 0. The van der Waals surface area contributed by atoms with Gasteiger partial charge in [0.15, 0.2) is 0 Å². The van der Waals surface area contributed by atoms with Crippen molar-refractivity contribution in [2.24, 2.45) is 0 Å². The minimum atomic E-state index is -0.407. The Balaban J connectivity index is 1.73. The van der Waals surface area contributed by atoms with Crippen molar-refractivity contribution in [2.45, 2.75) is 12.5 Å². The van der Waals surface area contributed by atoms with Gasteiger partial charge in [-0.3, -0.25) is 0 Å². The summed E-state index contributed by atoms with van der Waals surface area (Å²) in [5.41, 5.74) is 0.515. The maximum Gasteiger partial charge on any atom is 0.336 e. The Bertz CT molecular complexity index is 727. The Kier molecular flexibility index (Phi) is 3.02. The fourth-order valence-corrected chi connectivity index (χ4v) is 2.05. The highest BCUT2D eigenvalue weighted by atomic mass is 16.6. The van der Waals surface area contributed by atoms with Gasteiger partial charge in [-0.15, -0.1) is 0 Å². The van der Waals surface area contributed by atoms with Gasteiger partial charge < -0.3 is 13.9 Å². The minimum Gasteiger partial charge on any atom is -0.490 e. The number of cyclic esters (lactones) is 1. The second kappa shape index (κ2) is 4.85. The molecule has 1 atom stereocenters. The van der Waals surface area contributed by atoms with Crippen LogP contribution < -0.4 is 10.4 Å². The third-order valence-electron chi connectivity index (χ3n) is 3.07. The summed E-state index contributed by atoms with van der Waals surface area (Å²) in [5.74, 6) is 0.184. The van der Waals surface area contributed by atoms with Gasteiger partial charge in [-0.1, -0.05) is 6.58 Å². The summed E-state index contributed by atoms with van der Waals surface area (Å²) in [6, 6.07) is 8.27. The van der Waals surface area contributed by atoms with E-state index in [1.807, 2.05) is 0 Å². The Morgan fingerprint density at radius 3 is 2.80 bits per heavy atom. The van der Waals surface area contributed by atoms with Crippen molar-refractivity contribution in [3.8, 4) is 5.75 Å². The van der Waals surface area contributed by atoms with Crippen LogP contribution in [0.2, 0.25) is 0 Å². The van der Waals surface area contributed by atoms with Gasteiger partial charge in [0.05, 0.1) is 0 Å². The van der Waals surface area contributed by atoms with Crippen LogP contribution in [0.1, 0.15) is 6.42 Å². The largest absolute Gasteiger partial charge is 0.490 e. The lowest BCUT2D eigenvalue weighted by atomic mass is 10.2. The summed E-state index contributed by atoms with van der Waals surface area (Å²) in [5, 5.41) is 0.817. The molecule has 1 aromatic heterocycles. The van der Waals surface area contributed by atoms with E-state index in [1.54, 1.807) is 24.3 Å². The molecule has 102 valence electrons. The van der Waals surface area contributed by atoms with Crippen molar-refractivity contribution in [2.75, 3.05) is 6.61 Å². The summed E-state index contributed by atoms with van der Waals surface area (Å²) in [4.78, 5) is 22.3. The van der Waals surface area contributed by atoms with E-state index in [0.717, 1.165) is 5.39 Å². The van der Waals surface area contributed by atoms with Crippen molar-refractivity contribution in [3.05, 3.63) is 52.9 Å². The predicted octanol–water partition coefficient (Wildman–Crippen LogP) is 2.04. The molecule has 0 amide bonds. The lowest BCUT2D eigenvalue weighted by Gasteiger charge is -2.11. The van der Waals surface area contributed by atoms with Crippen LogP contribution in [0, 0.1) is 0 Å². The molecule has 1 saturated heterocycles. The van der Waals surface area contributed by atoms with Crippen LogP contribution in [0.15, 0.2) is 51.7 Å². The maximum atomic E-state index is 11.2. The van der Waals surface area contributed by atoms with Gasteiger partial charge in [0, 0.05) is 29.5 Å². The van der Waals surface area contributed by atoms with Crippen LogP contribution >= 0.6 is 0 Å². The summed E-state index contributed by atoms with van der Waals surface area (Å²) in [7, 11) is 0. The van der Waals surface area contributed by atoms with Crippen molar-refractivity contribution in [1.82, 2.24) is 0 Å². The Morgan fingerprint density at radius 1 is 1.25 bits per heavy atom. The summed E-state index contributed by atoms with van der Waals surface area (Å²) in [6.07, 6.45) is 0.162. The number of hydrogen-bond donors (Lipinski definition) is 0. The second-order valence-corrected chi connectivity index (χ2v) is 4.60. The molecule has 0 aliphatic carbocycles. The number of ether oxygens (including phenoxy) is 2. The zero-order valence-corrected chi connectivity index (χ0v) is 10.6. The van der Waals surface area contributed by atoms with Crippen molar-refractivity contribution >= 4 is 16.9 Å². The zero-order chi connectivity index (χ0) is 14.1. The van der Waals surface area contributed by atoms with Crippen LogP contribution in [0.5, 0.6) is 5.75 Å². The lowest BCUT2D eigenvalue weighted by molar-refractivity contribution is -0.139. The minimum absolute atomic E-state index is 0.243. The van der Waals surface area contributed by atoms with E-state index in [-0.39, 0.29) is 18.7 Å². The smallest absolute Gasteiger partial charge is 0.336 e. The van der Waals surface area contributed by atoms with Gasteiger partial charge in [0.2, 0.25) is 0 Å². The van der Waals surface area contributed by atoms with E-state index >= 15 is 0 Å². The fraction of sp³-hybridized carbons (Fsp3) is 0.200. The standard InChI is InChI=1S/C15H12O5/c1-9-6-12(19-15(9)17)8-18-11-4-2-10-3-5-14(16)20-13(10)7-11/h2-5,7,12H,1,6,8H2/t12-/m0/s1. The van der Waals surface area contributed by atoms with Gasteiger partial charge in [0.1, 0.15) is 24.0 Å². The van der Waals surface area contributed by atoms with E-state index < -0.39 is 5.63 Å². The van der Waals surface area contributed by atoms with Crippen LogP contribution in [0.4, 0.5) is 0 Å². The van der Waals surface area contributed by atoms with Crippen molar-refractivity contribution < 1.29 is 18.7 Å². The van der Waals surface area contributed by atoms with Gasteiger partial charge in [-0.2, -0.15) is 0 Å². The molecule has 0 unspecified atom stereocenters. The molecule has 0 spiro atoms. The quantitative estimate of drug-likeness (QED) is 0.486. The first kappa shape index (κ1) is 12.5. The molecule has 2 heterocycles. The van der Waals surface area contributed by atoms with Gasteiger partial charge in [-0.05, 0) is 18.2 Å². The van der Waals surface area contributed by atoms with Crippen molar-refractivity contribution in [1.29, 1.82) is 0 Å². The lowest BCUT2D eigenvalue weighted by Crippen LogP contribution is -2.17. The summed E-state index contributed by atoms with van der Waals surface area (Å²) in [6.45, 7) is 3.85. The molecule has 0 saturated carbocycles. The predicted molar refractivity (Wildman–Crippen MR) is 71.6 cm³/mol. The van der Waals surface area contributed by atoms with Crippen molar-refractivity contribution in [3.63, 3.8) is 0 Å². The highest BCUT2D eigenvalue weighted by molar-refractivity contribution is 5.89. The highest BCUT2D eigenvalue weighted by Crippen LogP contribution is 2.22. The number of rotatable bonds is 3. The third kappa shape index (κ3) is 2.42. The molecule has 0 radical (unpaired) electrons. The molecule has 5 nitrogen and oxygen atoms in total. The molecule has 0 bridgehead atoms. The molecule has 5 heteroatoms. The van der Waals surface area contributed by atoms with Crippen LogP contribution in [-0.2, 0) is 9.53 Å². The Hall–Kier alpha value is -2.56. The average Bonchev–Trinajstić information content (AvgIpc) is 2.75. The Labute approximate surface area is 114 Å². The molecule has 1 fully saturated rings. The number of fused-ring (bicyclic) bond motifs is 1. The molecular weight excluding hydrogens is 260 g/mol. The average molecular weight is 272 g/mol. The monoisotopic (exact) mass is 272 g/mol. The maximum absolute atomic E-state index is 11.2. The molecular formula is C15H12O5. The second-order valence-electron chi connectivity index (χ2n) is 4.60. The molecule has 1 aliphatic rings. The molecule has 1 aromatic carbocycles. The number of carbonyl (C=O) groups is 1. The molecule has 20 heavy (non-hydrogen) atoms. The SMILES string of the molecule is C=C1C[C@@H](COc2ccc3ccc(=O)oc3c2)OC1=O. The fourth-order valence-electron chi connectivity index (χ4n) is 2.05. The van der Waals surface area contributed by atoms with Gasteiger partial charge >= 0.3 is 11.6 Å². The first-order valence-corrected chi connectivity index (χ1v) is 6.17. The Morgan fingerprint density at radius 2 is 2.05 bits per heavy atom. The first-order valence-electron chi connectivity index (χ1n) is 6.17. The van der Waals surface area contributed by atoms with E-state index in [9.17, 15) is 9.59 Å². The van der Waals surface area contributed by atoms with Gasteiger partial charge in [0.25, 0.3) is 0 Å². The summed E-state index contributed by atoms with van der Waals surface area (Å²) < 4.78 is 15.7. The number of esters is 1. The third-order valence-corrected chi connectivity index (χ3v) is 3.07. The number of benzene rings is 1. The molecule has 3 rings (SSSR count). The molecule has 1 aliphatic heterocycles. The van der Waals surface area contributed by atoms with Crippen LogP contribution in [0.25, 0.3) is 11.0 Å². The molecule has 2 aromatic rings. The van der Waals surface area contributed by atoms with E-state index in [2.05, 4.69) is 6.58 Å². The van der Waals surface area contributed by atoms with E-state index in [1.165, 1.54) is 6.07 Å². The zero-order valence-electron chi connectivity index (χ0n) is 10.6. The van der Waals surface area contributed by atoms with E-state index in [0.29, 0.717) is 23.3 Å². The highest BCUT2D eigenvalue weighted by Gasteiger charge is 2.27. The van der Waals surface area contributed by atoms with E-state index in [4.69, 9.17) is 13.9 Å². The van der Waals surface area contributed by atoms with Gasteiger partial charge in [-0.25, -0.2) is 9.59 Å². The van der Waals surface area contributed by atoms with Crippen LogP contribution in [-0.4, -0.2) is 18.7 Å². The number of hydrogen-bond acceptors (Lipinski definition) is 5. The number of carbonyl (C=O) groups excluding carboxylic acids is 1. The topological polar surface area (TPSA) is 65.7 Å². The normalized spacial score (nSPS) is 18.3. The van der Waals surface area contributed by atoms with Crippen LogP contribution in [0.3, 0.4) is 0 Å².